The van der Waals surface area contributed by atoms with E-state index in [9.17, 15) is 19.5 Å². The van der Waals surface area contributed by atoms with Gasteiger partial charge in [0.15, 0.2) is 0 Å². The quantitative estimate of drug-likeness (QED) is 0.338. The number of ether oxygens (including phenoxy) is 2. The standard InChI is InChI=1S/C28H37N5O6/c1-5-13-31(16-32-20-10-8-7-9-19(20)29-30-32)26(36)24-28-12-11-21(39-28)22(27(37)38-6-2)23(28)25(35)33(24)18(15-34)14-17(3)4/h5,7-10,17-18,21-24,34H,1,6,11-16H2,2-4H3/t18-,21-,22+,23+,24?,28?/m1/s1. The van der Waals surface area contributed by atoms with Crippen molar-refractivity contribution < 1.29 is 29.0 Å². The second kappa shape index (κ2) is 10.7. The minimum atomic E-state index is -1.18. The fourth-order valence-electron chi connectivity index (χ4n) is 6.82. The molecule has 0 aliphatic carbocycles. The van der Waals surface area contributed by atoms with Crippen molar-refractivity contribution in [1.82, 2.24) is 24.8 Å². The third kappa shape index (κ3) is 4.41. The highest BCUT2D eigenvalue weighted by atomic mass is 16.6. The highest BCUT2D eigenvalue weighted by Crippen LogP contribution is 2.59. The summed E-state index contributed by atoms with van der Waals surface area (Å²) in [5, 5.41) is 18.9. The molecule has 0 radical (unpaired) electrons. The van der Waals surface area contributed by atoms with Gasteiger partial charge in [0.1, 0.15) is 23.8 Å². The Hall–Kier alpha value is -3.31. The van der Waals surface area contributed by atoms with E-state index in [0.29, 0.717) is 24.8 Å². The van der Waals surface area contributed by atoms with Gasteiger partial charge < -0.3 is 24.4 Å². The third-order valence-corrected chi connectivity index (χ3v) is 8.26. The monoisotopic (exact) mass is 539 g/mol. The Bertz CT molecular complexity index is 1260. The van der Waals surface area contributed by atoms with E-state index in [1.54, 1.807) is 22.6 Å². The first-order valence-corrected chi connectivity index (χ1v) is 13.7. The summed E-state index contributed by atoms with van der Waals surface area (Å²) in [7, 11) is 0. The number of amides is 2. The number of carbonyl (C=O) groups excluding carboxylic acids is 3. The number of hydrogen-bond donors (Lipinski definition) is 1. The van der Waals surface area contributed by atoms with E-state index in [2.05, 4.69) is 16.9 Å². The predicted molar refractivity (Wildman–Crippen MR) is 141 cm³/mol. The van der Waals surface area contributed by atoms with Crippen LogP contribution in [0.15, 0.2) is 36.9 Å². The van der Waals surface area contributed by atoms with Crippen LogP contribution < -0.4 is 0 Å². The second-order valence-corrected chi connectivity index (χ2v) is 11.1. The normalized spacial score (nSPS) is 28.2. The zero-order chi connectivity index (χ0) is 27.9. The predicted octanol–water partition coefficient (Wildman–Crippen LogP) is 1.75. The van der Waals surface area contributed by atoms with Crippen LogP contribution in [0.2, 0.25) is 0 Å². The van der Waals surface area contributed by atoms with Crippen LogP contribution in [0.1, 0.15) is 40.0 Å². The maximum Gasteiger partial charge on any atom is 0.312 e. The van der Waals surface area contributed by atoms with E-state index in [1.807, 2.05) is 38.1 Å². The van der Waals surface area contributed by atoms with E-state index in [0.717, 1.165) is 5.52 Å². The van der Waals surface area contributed by atoms with Gasteiger partial charge in [-0.15, -0.1) is 11.7 Å². The molecule has 2 amide bonds. The van der Waals surface area contributed by atoms with Gasteiger partial charge in [-0.3, -0.25) is 14.4 Å². The number of likely N-dealkylation sites (tertiary alicyclic amines) is 1. The molecule has 1 spiro atoms. The number of esters is 1. The topological polar surface area (TPSA) is 127 Å². The number of aliphatic hydroxyl groups excluding tert-OH is 1. The van der Waals surface area contributed by atoms with Crippen molar-refractivity contribution >= 4 is 28.8 Å². The molecule has 3 saturated heterocycles. The summed E-state index contributed by atoms with van der Waals surface area (Å²) in [4.78, 5) is 44.8. The SMILES string of the molecule is C=CCN(Cn1nnc2ccccc21)C(=O)C1N([C@@H](CO)CC(C)C)C(=O)[C@@H]2[C@@H](C(=O)OCC)[C@H]3CCC12O3. The van der Waals surface area contributed by atoms with Gasteiger partial charge in [-0.25, -0.2) is 4.68 Å². The lowest BCUT2D eigenvalue weighted by Gasteiger charge is -2.39. The summed E-state index contributed by atoms with van der Waals surface area (Å²) >= 11 is 0. The van der Waals surface area contributed by atoms with Crippen molar-refractivity contribution in [3.8, 4) is 0 Å². The summed E-state index contributed by atoms with van der Waals surface area (Å²) in [5.74, 6) is -2.61. The highest BCUT2D eigenvalue weighted by Gasteiger charge is 2.75. The van der Waals surface area contributed by atoms with Crippen molar-refractivity contribution in [2.45, 2.75) is 70.5 Å². The van der Waals surface area contributed by atoms with Crippen molar-refractivity contribution in [1.29, 1.82) is 0 Å². The molecule has 39 heavy (non-hydrogen) atoms. The average molecular weight is 540 g/mol. The van der Waals surface area contributed by atoms with E-state index >= 15 is 0 Å². The molecule has 210 valence electrons. The number of nitrogens with zero attached hydrogens (tertiary/aromatic N) is 5. The molecule has 3 aliphatic rings. The molecule has 0 saturated carbocycles. The summed E-state index contributed by atoms with van der Waals surface area (Å²) in [6.07, 6.45) is 2.65. The molecule has 1 aromatic heterocycles. The number of benzene rings is 1. The first-order chi connectivity index (χ1) is 18.8. The Labute approximate surface area is 227 Å². The van der Waals surface area contributed by atoms with Crippen LogP contribution in [0.4, 0.5) is 0 Å². The largest absolute Gasteiger partial charge is 0.466 e. The molecular formula is C28H37N5O6. The van der Waals surface area contributed by atoms with Crippen LogP contribution in [0.5, 0.6) is 0 Å². The van der Waals surface area contributed by atoms with Gasteiger partial charge in [0.05, 0.1) is 42.7 Å². The lowest BCUT2D eigenvalue weighted by Crippen LogP contribution is -2.59. The maximum absolute atomic E-state index is 14.5. The molecule has 5 rings (SSSR count). The van der Waals surface area contributed by atoms with Gasteiger partial charge in [0.2, 0.25) is 11.8 Å². The maximum atomic E-state index is 14.5. The van der Waals surface area contributed by atoms with Crippen molar-refractivity contribution in [3.63, 3.8) is 0 Å². The number of rotatable bonds is 11. The fourth-order valence-corrected chi connectivity index (χ4v) is 6.82. The molecule has 3 aliphatic heterocycles. The Morgan fingerprint density at radius 1 is 1.36 bits per heavy atom. The lowest BCUT2D eigenvalue weighted by atomic mass is 9.70. The van der Waals surface area contributed by atoms with E-state index in [-0.39, 0.29) is 44.2 Å². The first kappa shape index (κ1) is 27.3. The lowest BCUT2D eigenvalue weighted by molar-refractivity contribution is -0.156. The Morgan fingerprint density at radius 3 is 2.82 bits per heavy atom. The van der Waals surface area contributed by atoms with Crippen LogP contribution in [0, 0.1) is 17.8 Å². The number of carbonyl (C=O) groups is 3. The zero-order valence-corrected chi connectivity index (χ0v) is 22.7. The van der Waals surface area contributed by atoms with Gasteiger partial charge in [-0.05, 0) is 44.2 Å². The average Bonchev–Trinajstić information content (AvgIpc) is 3.66. The molecule has 6 atom stereocenters. The van der Waals surface area contributed by atoms with Crippen LogP contribution >= 0.6 is 0 Å². The fraction of sp³-hybridized carbons (Fsp3) is 0.607. The van der Waals surface area contributed by atoms with Crippen molar-refractivity contribution in [3.05, 3.63) is 36.9 Å². The van der Waals surface area contributed by atoms with Crippen LogP contribution in [0.25, 0.3) is 11.0 Å². The molecule has 11 heteroatoms. The van der Waals surface area contributed by atoms with E-state index in [4.69, 9.17) is 9.47 Å². The summed E-state index contributed by atoms with van der Waals surface area (Å²) in [6.45, 7) is 9.74. The first-order valence-electron chi connectivity index (χ1n) is 13.7. The summed E-state index contributed by atoms with van der Waals surface area (Å²) in [5.41, 5.74) is 0.292. The van der Waals surface area contributed by atoms with Gasteiger partial charge in [-0.1, -0.05) is 37.3 Å². The van der Waals surface area contributed by atoms with Crippen LogP contribution in [-0.2, 0) is 30.5 Å². The third-order valence-electron chi connectivity index (χ3n) is 8.26. The van der Waals surface area contributed by atoms with Crippen LogP contribution in [-0.4, -0.2) is 91.2 Å². The molecule has 2 unspecified atom stereocenters. The van der Waals surface area contributed by atoms with Gasteiger partial charge in [0, 0.05) is 6.54 Å². The Morgan fingerprint density at radius 2 is 2.13 bits per heavy atom. The molecule has 1 aromatic carbocycles. The smallest absolute Gasteiger partial charge is 0.312 e. The van der Waals surface area contributed by atoms with Crippen molar-refractivity contribution in [2.75, 3.05) is 19.8 Å². The number of hydrogen-bond acceptors (Lipinski definition) is 8. The van der Waals surface area contributed by atoms with Crippen molar-refractivity contribution in [2.24, 2.45) is 17.8 Å². The summed E-state index contributed by atoms with van der Waals surface area (Å²) in [6, 6.07) is 5.85. The molecule has 4 heterocycles. The Balaban J connectivity index is 1.56. The number of aliphatic hydroxyl groups is 1. The molecular weight excluding hydrogens is 502 g/mol. The minimum absolute atomic E-state index is 0.0867. The zero-order valence-electron chi connectivity index (χ0n) is 22.7. The number of fused-ring (bicyclic) bond motifs is 2. The second-order valence-electron chi connectivity index (χ2n) is 11.1. The Kier molecular flexibility index (Phi) is 7.47. The van der Waals surface area contributed by atoms with Gasteiger partial charge >= 0.3 is 5.97 Å². The van der Waals surface area contributed by atoms with Gasteiger partial charge in [0.25, 0.3) is 0 Å². The minimum Gasteiger partial charge on any atom is -0.466 e. The van der Waals surface area contributed by atoms with E-state index < -0.39 is 41.6 Å². The molecule has 1 N–H and O–H groups in total. The molecule has 11 nitrogen and oxygen atoms in total. The van der Waals surface area contributed by atoms with E-state index in [1.165, 1.54) is 4.90 Å². The molecule has 3 fully saturated rings. The number of aromatic nitrogens is 3. The van der Waals surface area contributed by atoms with Gasteiger partial charge in [-0.2, -0.15) is 0 Å². The van der Waals surface area contributed by atoms with Crippen LogP contribution in [0.3, 0.4) is 0 Å². The molecule has 2 aromatic rings. The summed E-state index contributed by atoms with van der Waals surface area (Å²) < 4.78 is 13.5. The highest BCUT2D eigenvalue weighted by molar-refractivity contribution is 5.98. The number of para-hydroxylation sites is 1. The molecule has 2 bridgehead atoms.